The average molecular weight is 430 g/mol. The van der Waals surface area contributed by atoms with Crippen LogP contribution in [-0.4, -0.2) is 39.8 Å². The normalized spacial score (nSPS) is 11.4. The van der Waals surface area contributed by atoms with Crippen LogP contribution in [-0.2, 0) is 14.3 Å². The van der Waals surface area contributed by atoms with Gasteiger partial charge in [-0.15, -0.1) is 0 Å². The Kier molecular flexibility index (Phi) is 9.68. The summed E-state index contributed by atoms with van der Waals surface area (Å²) in [4.78, 5) is 24.4. The highest BCUT2D eigenvalue weighted by atomic mass is 16.5. The molecule has 0 aromatic heterocycles. The first-order chi connectivity index (χ1) is 15.0. The largest absolute Gasteiger partial charge is 0.494 e. The van der Waals surface area contributed by atoms with Crippen LogP contribution in [0, 0.1) is 6.92 Å². The molecule has 0 aliphatic carbocycles. The smallest absolute Gasteiger partial charge is 0.307 e. The highest BCUT2D eigenvalue weighted by molar-refractivity contribution is 5.78. The molecule has 1 amide bonds. The van der Waals surface area contributed by atoms with Crippen LogP contribution in [0.25, 0.3) is 0 Å². The Bertz CT molecular complexity index is 867. The third-order valence-corrected chi connectivity index (χ3v) is 4.80. The van der Waals surface area contributed by atoms with E-state index in [1.165, 1.54) is 14.2 Å². The molecule has 7 nitrogen and oxygen atoms in total. The molecule has 2 aromatic rings. The van der Waals surface area contributed by atoms with E-state index < -0.39 is 12.0 Å². The van der Waals surface area contributed by atoms with Crippen LogP contribution in [0.1, 0.15) is 42.9 Å². The fourth-order valence-corrected chi connectivity index (χ4v) is 3.12. The molecule has 0 aliphatic heterocycles. The zero-order chi connectivity index (χ0) is 22.6. The van der Waals surface area contributed by atoms with Gasteiger partial charge in [-0.05, 0) is 55.2 Å². The molecule has 2 rings (SSSR count). The highest BCUT2D eigenvalue weighted by Gasteiger charge is 2.20. The standard InChI is InChI=1S/C24H31NO6/c1-17-8-7-9-19(14-17)31-13-6-5-10-23(26)25-20(16-24(27)30-4)18-11-12-21(28-2)22(15-18)29-3/h7-9,11-12,14-15,20H,5-6,10,13,16H2,1-4H3,(H,25,26). The number of unbranched alkanes of at least 4 members (excludes halogenated alkanes) is 1. The van der Waals surface area contributed by atoms with Gasteiger partial charge < -0.3 is 24.3 Å². The van der Waals surface area contributed by atoms with Crippen molar-refractivity contribution < 1.29 is 28.5 Å². The molecular weight excluding hydrogens is 398 g/mol. The van der Waals surface area contributed by atoms with Crippen molar-refractivity contribution in [3.8, 4) is 17.2 Å². The van der Waals surface area contributed by atoms with E-state index in [9.17, 15) is 9.59 Å². The summed E-state index contributed by atoms with van der Waals surface area (Å²) in [7, 11) is 4.41. The molecule has 2 aromatic carbocycles. The number of hydrogen-bond donors (Lipinski definition) is 1. The summed E-state index contributed by atoms with van der Waals surface area (Å²) >= 11 is 0. The second kappa shape index (κ2) is 12.5. The molecule has 0 radical (unpaired) electrons. The van der Waals surface area contributed by atoms with Crippen LogP contribution in [0.2, 0.25) is 0 Å². The first kappa shape index (κ1) is 24.1. The van der Waals surface area contributed by atoms with E-state index in [4.69, 9.17) is 18.9 Å². The molecule has 0 saturated carbocycles. The monoisotopic (exact) mass is 429 g/mol. The molecule has 0 fully saturated rings. The number of methoxy groups -OCH3 is 3. The van der Waals surface area contributed by atoms with Gasteiger partial charge in [0.2, 0.25) is 5.91 Å². The van der Waals surface area contributed by atoms with Crippen LogP contribution in [0.15, 0.2) is 42.5 Å². The number of aryl methyl sites for hydroxylation is 1. The minimum Gasteiger partial charge on any atom is -0.494 e. The van der Waals surface area contributed by atoms with Crippen molar-refractivity contribution in [2.45, 2.75) is 38.6 Å². The van der Waals surface area contributed by atoms with Crippen molar-refractivity contribution in [1.29, 1.82) is 0 Å². The fourth-order valence-electron chi connectivity index (χ4n) is 3.12. The number of benzene rings is 2. The van der Waals surface area contributed by atoms with Gasteiger partial charge >= 0.3 is 5.97 Å². The third-order valence-electron chi connectivity index (χ3n) is 4.80. The lowest BCUT2D eigenvalue weighted by molar-refractivity contribution is -0.141. The quantitative estimate of drug-likeness (QED) is 0.406. The van der Waals surface area contributed by atoms with E-state index in [0.717, 1.165) is 23.3 Å². The molecule has 1 N–H and O–H groups in total. The molecule has 0 spiro atoms. The molecule has 1 atom stereocenters. The fraction of sp³-hybridized carbons (Fsp3) is 0.417. The zero-order valence-corrected chi connectivity index (χ0v) is 18.6. The van der Waals surface area contributed by atoms with Crippen LogP contribution in [0.4, 0.5) is 0 Å². The summed E-state index contributed by atoms with van der Waals surface area (Å²) in [6.07, 6.45) is 1.78. The lowest BCUT2D eigenvalue weighted by atomic mass is 10.0. The van der Waals surface area contributed by atoms with E-state index in [-0.39, 0.29) is 12.3 Å². The zero-order valence-electron chi connectivity index (χ0n) is 18.6. The van der Waals surface area contributed by atoms with Gasteiger partial charge in [-0.2, -0.15) is 0 Å². The third kappa shape index (κ3) is 7.85. The van der Waals surface area contributed by atoms with Crippen molar-refractivity contribution in [3.63, 3.8) is 0 Å². The van der Waals surface area contributed by atoms with E-state index in [1.807, 2.05) is 31.2 Å². The Balaban J connectivity index is 1.90. The maximum absolute atomic E-state index is 12.5. The molecular formula is C24H31NO6. The topological polar surface area (TPSA) is 83.1 Å². The Morgan fingerprint density at radius 2 is 1.74 bits per heavy atom. The van der Waals surface area contributed by atoms with Crippen LogP contribution < -0.4 is 19.5 Å². The maximum atomic E-state index is 12.5. The van der Waals surface area contributed by atoms with Crippen molar-refractivity contribution in [1.82, 2.24) is 5.32 Å². The van der Waals surface area contributed by atoms with Gasteiger partial charge in [-0.3, -0.25) is 9.59 Å². The van der Waals surface area contributed by atoms with E-state index in [1.54, 1.807) is 25.3 Å². The van der Waals surface area contributed by atoms with E-state index in [2.05, 4.69) is 5.32 Å². The Morgan fingerprint density at radius 1 is 0.968 bits per heavy atom. The van der Waals surface area contributed by atoms with Crippen LogP contribution >= 0.6 is 0 Å². The van der Waals surface area contributed by atoms with E-state index in [0.29, 0.717) is 30.9 Å². The number of ether oxygens (including phenoxy) is 4. The molecule has 0 saturated heterocycles. The first-order valence-electron chi connectivity index (χ1n) is 10.2. The molecule has 0 bridgehead atoms. The SMILES string of the molecule is COC(=O)CC(NC(=O)CCCCOc1cccc(C)c1)c1ccc(OC)c(OC)c1. The van der Waals surface area contributed by atoms with Crippen molar-refractivity contribution in [2.24, 2.45) is 0 Å². The molecule has 31 heavy (non-hydrogen) atoms. The van der Waals surface area contributed by atoms with Gasteiger partial charge in [0.05, 0.1) is 40.4 Å². The summed E-state index contributed by atoms with van der Waals surface area (Å²) < 4.78 is 21.1. The highest BCUT2D eigenvalue weighted by Crippen LogP contribution is 2.31. The summed E-state index contributed by atoms with van der Waals surface area (Å²) in [6.45, 7) is 2.55. The van der Waals surface area contributed by atoms with Gasteiger partial charge in [-0.1, -0.05) is 18.2 Å². The number of rotatable bonds is 12. The summed E-state index contributed by atoms with van der Waals surface area (Å²) in [5.41, 5.74) is 1.88. The summed E-state index contributed by atoms with van der Waals surface area (Å²) in [5, 5.41) is 2.93. The van der Waals surface area contributed by atoms with Gasteiger partial charge in [0.1, 0.15) is 5.75 Å². The van der Waals surface area contributed by atoms with E-state index >= 15 is 0 Å². The number of carbonyl (C=O) groups is 2. The molecule has 0 heterocycles. The van der Waals surface area contributed by atoms with Crippen molar-refractivity contribution in [3.05, 3.63) is 53.6 Å². The van der Waals surface area contributed by atoms with Crippen molar-refractivity contribution >= 4 is 11.9 Å². The van der Waals surface area contributed by atoms with Crippen LogP contribution in [0.5, 0.6) is 17.2 Å². The lowest BCUT2D eigenvalue weighted by Gasteiger charge is -2.20. The Labute approximate surface area is 183 Å². The molecule has 0 aliphatic rings. The number of nitrogens with one attached hydrogen (secondary N) is 1. The molecule has 1 unspecified atom stereocenters. The summed E-state index contributed by atoms with van der Waals surface area (Å²) in [5.74, 6) is 1.38. The number of carbonyl (C=O) groups excluding carboxylic acids is 2. The first-order valence-corrected chi connectivity index (χ1v) is 10.2. The minimum atomic E-state index is -0.525. The number of esters is 1. The van der Waals surface area contributed by atoms with Gasteiger partial charge in [0, 0.05) is 6.42 Å². The Hall–Kier alpha value is -3.22. The number of amides is 1. The van der Waals surface area contributed by atoms with Gasteiger partial charge in [0.15, 0.2) is 11.5 Å². The Morgan fingerprint density at radius 3 is 2.42 bits per heavy atom. The number of hydrogen-bond acceptors (Lipinski definition) is 6. The maximum Gasteiger partial charge on any atom is 0.307 e. The minimum absolute atomic E-state index is 0.0220. The second-order valence-corrected chi connectivity index (χ2v) is 7.14. The molecule has 7 heteroatoms. The molecule has 168 valence electrons. The predicted octanol–water partition coefficient (Wildman–Crippen LogP) is 3.98. The van der Waals surface area contributed by atoms with Gasteiger partial charge in [-0.25, -0.2) is 0 Å². The van der Waals surface area contributed by atoms with Gasteiger partial charge in [0.25, 0.3) is 0 Å². The summed E-state index contributed by atoms with van der Waals surface area (Å²) in [6, 6.07) is 12.6. The predicted molar refractivity (Wildman–Crippen MR) is 118 cm³/mol. The average Bonchev–Trinajstić information content (AvgIpc) is 2.77. The van der Waals surface area contributed by atoms with Crippen LogP contribution in [0.3, 0.4) is 0 Å². The second-order valence-electron chi connectivity index (χ2n) is 7.14. The lowest BCUT2D eigenvalue weighted by Crippen LogP contribution is -2.30. The van der Waals surface area contributed by atoms with Crippen molar-refractivity contribution in [2.75, 3.05) is 27.9 Å².